The Hall–Kier alpha value is -2.41. The highest BCUT2D eigenvalue weighted by atomic mass is 32.1. The van der Waals surface area contributed by atoms with Crippen LogP contribution in [0.2, 0.25) is 0 Å². The van der Waals surface area contributed by atoms with Gasteiger partial charge in [-0.05, 0) is 57.1 Å². The summed E-state index contributed by atoms with van der Waals surface area (Å²) in [6, 6.07) is 7.66. The predicted molar refractivity (Wildman–Crippen MR) is 114 cm³/mol. The molecule has 1 aromatic heterocycles. The van der Waals surface area contributed by atoms with E-state index in [0.717, 1.165) is 43.5 Å². The molecule has 0 radical (unpaired) electrons. The first kappa shape index (κ1) is 18.6. The highest BCUT2D eigenvalue weighted by molar-refractivity contribution is 7.15. The van der Waals surface area contributed by atoms with Crippen LogP contribution in [0.5, 0.6) is 0 Å². The van der Waals surface area contributed by atoms with Gasteiger partial charge < -0.3 is 16.0 Å². The summed E-state index contributed by atoms with van der Waals surface area (Å²) in [6.45, 7) is 4.13. The first-order chi connectivity index (χ1) is 14.0. The number of nitrogens with zero attached hydrogens (tertiary/aromatic N) is 1. The molecule has 2 bridgehead atoms. The molecule has 6 rings (SSSR count). The van der Waals surface area contributed by atoms with Gasteiger partial charge in [0.2, 0.25) is 5.91 Å². The average molecular weight is 411 g/mol. The number of hydrogen-bond donors (Lipinski definition) is 3. The van der Waals surface area contributed by atoms with Gasteiger partial charge in [0.15, 0.2) is 5.13 Å². The van der Waals surface area contributed by atoms with Crippen LogP contribution in [0.25, 0.3) is 0 Å². The highest BCUT2D eigenvalue weighted by Crippen LogP contribution is 2.52. The molecule has 3 saturated carbocycles. The fourth-order valence-corrected chi connectivity index (χ4v) is 6.38. The molecule has 2 aromatic rings. The number of para-hydroxylation sites is 1. The molecule has 3 aliphatic carbocycles. The molecule has 4 aliphatic rings. The van der Waals surface area contributed by atoms with E-state index < -0.39 is 5.66 Å². The van der Waals surface area contributed by atoms with Gasteiger partial charge in [-0.15, -0.1) is 11.3 Å². The second-order valence-electron chi connectivity index (χ2n) is 8.54. The van der Waals surface area contributed by atoms with E-state index in [1.54, 1.807) is 11.3 Å². The van der Waals surface area contributed by atoms with Gasteiger partial charge in [0.25, 0.3) is 5.91 Å². The molecule has 1 aliphatic heterocycles. The average Bonchev–Trinajstić information content (AvgIpc) is 3.07. The molecule has 0 unspecified atom stereocenters. The van der Waals surface area contributed by atoms with Crippen molar-refractivity contribution in [1.82, 2.24) is 10.3 Å². The van der Waals surface area contributed by atoms with Gasteiger partial charge in [-0.2, -0.15) is 0 Å². The Morgan fingerprint density at radius 1 is 1.31 bits per heavy atom. The number of aryl methyl sites for hydroxylation is 2. The number of nitrogens with one attached hydrogen (secondary N) is 3. The maximum atomic E-state index is 13.0. The van der Waals surface area contributed by atoms with Crippen LogP contribution < -0.4 is 16.0 Å². The third-order valence-corrected chi connectivity index (χ3v) is 7.86. The Morgan fingerprint density at radius 3 is 2.86 bits per heavy atom. The lowest BCUT2D eigenvalue weighted by atomic mass is 9.58. The Morgan fingerprint density at radius 2 is 2.14 bits per heavy atom. The zero-order chi connectivity index (χ0) is 20.2. The third kappa shape index (κ3) is 3.03. The zero-order valence-corrected chi connectivity index (χ0v) is 17.6. The number of aromatic nitrogens is 1. The predicted octanol–water partition coefficient (Wildman–Crippen LogP) is 3.94. The number of carbonyl (C=O) groups is 2. The van der Waals surface area contributed by atoms with Crippen LogP contribution in [0.1, 0.15) is 53.5 Å². The monoisotopic (exact) mass is 410 g/mol. The van der Waals surface area contributed by atoms with E-state index in [0.29, 0.717) is 10.7 Å². The summed E-state index contributed by atoms with van der Waals surface area (Å²) in [6.07, 6.45) is 4.51. The topological polar surface area (TPSA) is 83.1 Å². The van der Waals surface area contributed by atoms with Crippen molar-refractivity contribution in [3.8, 4) is 0 Å². The smallest absolute Gasteiger partial charge is 0.255 e. The highest BCUT2D eigenvalue weighted by Gasteiger charge is 2.55. The first-order valence-electron chi connectivity index (χ1n) is 10.5. The summed E-state index contributed by atoms with van der Waals surface area (Å²) >= 11 is 1.55. The lowest BCUT2D eigenvalue weighted by Crippen LogP contribution is -2.67. The molecule has 6 nitrogen and oxygen atoms in total. The third-order valence-electron chi connectivity index (χ3n) is 6.93. The molecule has 3 fully saturated rings. The van der Waals surface area contributed by atoms with E-state index in [-0.39, 0.29) is 29.6 Å². The number of amides is 2. The summed E-state index contributed by atoms with van der Waals surface area (Å²) in [5.41, 5.74) is 2.22. The second kappa shape index (κ2) is 6.83. The number of benzene rings is 1. The largest absolute Gasteiger partial charge is 0.362 e. The van der Waals surface area contributed by atoms with Crippen LogP contribution in [0.3, 0.4) is 0 Å². The maximum Gasteiger partial charge on any atom is 0.255 e. The summed E-state index contributed by atoms with van der Waals surface area (Å²) in [4.78, 5) is 31.5. The number of thiazole rings is 1. The maximum absolute atomic E-state index is 13.0. The van der Waals surface area contributed by atoms with Crippen LogP contribution in [0.4, 0.5) is 10.8 Å². The fraction of sp³-hybridized carbons (Fsp3) is 0.500. The standard InChI is InChI=1S/C22H26N4O2S/c1-3-17-12(2)29-21(23-17)24-19(27)16-10-14-9-8-13(16)11-22(14)25-18-7-5-4-6-15(18)20(28)26-22/h4-7,13-14,16,25H,3,8-11H2,1-2H3,(H,26,28)(H,23,24,27)/t13-,14+,16+,22-/m1/s1. The molecule has 1 aromatic carbocycles. The van der Waals surface area contributed by atoms with E-state index in [2.05, 4.69) is 27.9 Å². The van der Waals surface area contributed by atoms with Crippen molar-refractivity contribution < 1.29 is 9.59 Å². The summed E-state index contributed by atoms with van der Waals surface area (Å²) in [5, 5.41) is 10.7. The quantitative estimate of drug-likeness (QED) is 0.716. The molecular weight excluding hydrogens is 384 g/mol. The van der Waals surface area contributed by atoms with Crippen molar-refractivity contribution in [2.45, 2.75) is 51.6 Å². The van der Waals surface area contributed by atoms with E-state index in [1.807, 2.05) is 31.2 Å². The van der Waals surface area contributed by atoms with Crippen LogP contribution in [-0.4, -0.2) is 22.5 Å². The Balaban J connectivity index is 1.34. The Labute approximate surface area is 174 Å². The molecular formula is C22H26N4O2S. The minimum atomic E-state index is -0.432. The Kier molecular flexibility index (Phi) is 4.38. The van der Waals surface area contributed by atoms with E-state index in [9.17, 15) is 9.59 Å². The number of anilines is 2. The van der Waals surface area contributed by atoms with Crippen molar-refractivity contribution in [2.24, 2.45) is 17.8 Å². The van der Waals surface area contributed by atoms with Crippen LogP contribution in [0, 0.1) is 24.7 Å². The van der Waals surface area contributed by atoms with Gasteiger partial charge >= 0.3 is 0 Å². The van der Waals surface area contributed by atoms with Gasteiger partial charge in [0, 0.05) is 22.4 Å². The van der Waals surface area contributed by atoms with Crippen LogP contribution in [-0.2, 0) is 11.2 Å². The zero-order valence-electron chi connectivity index (χ0n) is 16.7. The molecule has 152 valence electrons. The molecule has 29 heavy (non-hydrogen) atoms. The molecule has 1 spiro atoms. The van der Waals surface area contributed by atoms with Crippen LogP contribution >= 0.6 is 11.3 Å². The molecule has 3 N–H and O–H groups in total. The lowest BCUT2D eigenvalue weighted by molar-refractivity contribution is -0.126. The summed E-state index contributed by atoms with van der Waals surface area (Å²) in [5.74, 6) is 0.533. The van der Waals surface area contributed by atoms with Gasteiger partial charge in [0.1, 0.15) is 5.66 Å². The SMILES string of the molecule is CCc1nc(NC(=O)[C@H]2C[C@@H]3CC[C@@H]2C[C@@]32NC(=O)c3ccccc3N2)sc1C. The minimum Gasteiger partial charge on any atom is -0.362 e. The van der Waals surface area contributed by atoms with Crippen molar-refractivity contribution in [1.29, 1.82) is 0 Å². The van der Waals surface area contributed by atoms with E-state index in [1.165, 1.54) is 4.88 Å². The molecule has 7 heteroatoms. The minimum absolute atomic E-state index is 0.0155. The van der Waals surface area contributed by atoms with Gasteiger partial charge in [-0.3, -0.25) is 9.59 Å². The fourth-order valence-electron chi connectivity index (χ4n) is 5.47. The lowest BCUT2D eigenvalue weighted by Gasteiger charge is -2.56. The summed E-state index contributed by atoms with van der Waals surface area (Å²) < 4.78 is 0. The normalized spacial score (nSPS) is 29.9. The van der Waals surface area contributed by atoms with Crippen molar-refractivity contribution >= 4 is 34.0 Å². The molecule has 0 saturated heterocycles. The number of hydrogen-bond acceptors (Lipinski definition) is 5. The summed E-state index contributed by atoms with van der Waals surface area (Å²) in [7, 11) is 0. The number of rotatable bonds is 3. The van der Waals surface area contributed by atoms with E-state index >= 15 is 0 Å². The van der Waals surface area contributed by atoms with Crippen molar-refractivity contribution in [2.75, 3.05) is 10.6 Å². The van der Waals surface area contributed by atoms with Gasteiger partial charge in [0.05, 0.1) is 11.3 Å². The van der Waals surface area contributed by atoms with Gasteiger partial charge in [-0.1, -0.05) is 19.1 Å². The molecule has 2 amide bonds. The van der Waals surface area contributed by atoms with Crippen molar-refractivity contribution in [3.63, 3.8) is 0 Å². The van der Waals surface area contributed by atoms with Gasteiger partial charge in [-0.25, -0.2) is 4.98 Å². The van der Waals surface area contributed by atoms with Crippen LogP contribution in [0.15, 0.2) is 24.3 Å². The van der Waals surface area contributed by atoms with E-state index in [4.69, 9.17) is 0 Å². The second-order valence-corrected chi connectivity index (χ2v) is 9.74. The molecule has 4 atom stereocenters. The first-order valence-corrected chi connectivity index (χ1v) is 11.3. The molecule has 2 heterocycles. The number of carbonyl (C=O) groups excluding carboxylic acids is 2. The van der Waals surface area contributed by atoms with Crippen molar-refractivity contribution in [3.05, 3.63) is 40.4 Å². The number of fused-ring (bicyclic) bond motifs is 3. The Bertz CT molecular complexity index is 987.